The Balaban J connectivity index is 2.93. The Kier molecular flexibility index (Phi) is 3.51. The molecule has 0 heterocycles. The third kappa shape index (κ3) is 2.32. The van der Waals surface area contributed by atoms with Crippen molar-refractivity contribution in [3.63, 3.8) is 0 Å². The van der Waals surface area contributed by atoms with Crippen LogP contribution in [0.2, 0.25) is 5.02 Å². The molecule has 1 aromatic rings. The Morgan fingerprint density at radius 3 is 2.85 bits per heavy atom. The van der Waals surface area contributed by atoms with E-state index in [0.717, 1.165) is 0 Å². The molecule has 1 rings (SSSR count). The van der Waals surface area contributed by atoms with Crippen LogP contribution in [0.25, 0.3) is 0 Å². The van der Waals surface area contributed by atoms with E-state index in [1.807, 2.05) is 0 Å². The van der Waals surface area contributed by atoms with Crippen molar-refractivity contribution in [1.29, 1.82) is 0 Å². The molecule has 0 radical (unpaired) electrons. The van der Waals surface area contributed by atoms with Crippen molar-refractivity contribution < 1.29 is 9.50 Å². The third-order valence-corrected chi connectivity index (χ3v) is 2.14. The molecule has 0 bridgehead atoms. The maximum Gasteiger partial charge on any atom is 0.138 e. The van der Waals surface area contributed by atoms with Crippen molar-refractivity contribution in [3.8, 4) is 5.75 Å². The van der Waals surface area contributed by atoms with Gasteiger partial charge in [0.2, 0.25) is 0 Å². The topological polar surface area (TPSA) is 46.2 Å². The van der Waals surface area contributed by atoms with Crippen LogP contribution in [0.4, 0.5) is 4.39 Å². The number of alkyl halides is 1. The van der Waals surface area contributed by atoms with Crippen LogP contribution in [0, 0.1) is 0 Å². The number of benzene rings is 1. The predicted octanol–water partition coefficient (Wildman–Crippen LogP) is 2.41. The molecule has 0 spiro atoms. The molecule has 0 amide bonds. The van der Waals surface area contributed by atoms with Gasteiger partial charge in [0.25, 0.3) is 0 Å². The Labute approximate surface area is 81.1 Å². The monoisotopic (exact) mass is 203 g/mol. The van der Waals surface area contributed by atoms with Crippen molar-refractivity contribution in [2.45, 2.75) is 12.5 Å². The summed E-state index contributed by atoms with van der Waals surface area (Å²) in [4.78, 5) is 0. The highest BCUT2D eigenvalue weighted by Gasteiger charge is 2.12. The van der Waals surface area contributed by atoms with Gasteiger partial charge in [-0.2, -0.15) is 0 Å². The third-order valence-electron chi connectivity index (χ3n) is 1.84. The standard InChI is InChI=1S/C9H11ClFNO/c10-7-3-1-2-6(9(7)13)8(12)4-5-11/h1-3,8,13H,4-5,12H2/t8-/m0/s1. The SMILES string of the molecule is N[C@@H](CCF)c1cccc(Cl)c1O. The maximum atomic E-state index is 12.0. The first-order valence-electron chi connectivity index (χ1n) is 3.95. The molecule has 0 aromatic heterocycles. The zero-order chi connectivity index (χ0) is 9.84. The average molecular weight is 204 g/mol. The van der Waals surface area contributed by atoms with E-state index in [0.29, 0.717) is 5.56 Å². The lowest BCUT2D eigenvalue weighted by atomic mass is 10.0. The number of halogens is 2. The lowest BCUT2D eigenvalue weighted by molar-refractivity contribution is 0.424. The Hall–Kier alpha value is -0.800. The van der Waals surface area contributed by atoms with Gasteiger partial charge < -0.3 is 10.8 Å². The molecule has 72 valence electrons. The molecule has 0 aliphatic rings. The molecule has 0 saturated carbocycles. The first-order chi connectivity index (χ1) is 6.16. The number of aromatic hydroxyl groups is 1. The molecule has 0 aliphatic heterocycles. The fourth-order valence-corrected chi connectivity index (χ4v) is 1.29. The quantitative estimate of drug-likeness (QED) is 0.793. The van der Waals surface area contributed by atoms with Crippen molar-refractivity contribution in [2.75, 3.05) is 6.67 Å². The zero-order valence-corrected chi connectivity index (χ0v) is 7.76. The molecular formula is C9H11ClFNO. The fourth-order valence-electron chi connectivity index (χ4n) is 1.10. The van der Waals surface area contributed by atoms with E-state index >= 15 is 0 Å². The number of phenolic OH excluding ortho intramolecular Hbond substituents is 1. The first kappa shape index (κ1) is 10.3. The van der Waals surface area contributed by atoms with Crippen LogP contribution >= 0.6 is 11.6 Å². The molecule has 13 heavy (non-hydrogen) atoms. The van der Waals surface area contributed by atoms with Crippen molar-refractivity contribution in [1.82, 2.24) is 0 Å². The van der Waals surface area contributed by atoms with E-state index in [4.69, 9.17) is 17.3 Å². The molecule has 1 atom stereocenters. The summed E-state index contributed by atoms with van der Waals surface area (Å²) < 4.78 is 12.0. The summed E-state index contributed by atoms with van der Waals surface area (Å²) in [7, 11) is 0. The van der Waals surface area contributed by atoms with Gasteiger partial charge in [0, 0.05) is 11.6 Å². The number of phenols is 1. The highest BCUT2D eigenvalue weighted by atomic mass is 35.5. The fraction of sp³-hybridized carbons (Fsp3) is 0.333. The van der Waals surface area contributed by atoms with Gasteiger partial charge in [0.05, 0.1) is 11.7 Å². The minimum atomic E-state index is -0.507. The van der Waals surface area contributed by atoms with Gasteiger partial charge >= 0.3 is 0 Å². The summed E-state index contributed by atoms with van der Waals surface area (Å²) in [5, 5.41) is 9.70. The number of rotatable bonds is 3. The summed E-state index contributed by atoms with van der Waals surface area (Å²) >= 11 is 5.66. The van der Waals surface area contributed by atoms with Gasteiger partial charge in [-0.3, -0.25) is 4.39 Å². The summed E-state index contributed by atoms with van der Waals surface area (Å²) in [6, 6.07) is 4.38. The Morgan fingerprint density at radius 2 is 2.23 bits per heavy atom. The van der Waals surface area contributed by atoms with Crippen LogP contribution < -0.4 is 5.73 Å². The van der Waals surface area contributed by atoms with Crippen molar-refractivity contribution >= 4 is 11.6 Å². The lowest BCUT2D eigenvalue weighted by Gasteiger charge is -2.12. The first-order valence-corrected chi connectivity index (χ1v) is 4.33. The minimum absolute atomic E-state index is 0.0508. The van der Waals surface area contributed by atoms with Crippen LogP contribution in [0.5, 0.6) is 5.75 Å². The van der Waals surface area contributed by atoms with E-state index in [2.05, 4.69) is 0 Å². The molecule has 1 aromatic carbocycles. The average Bonchev–Trinajstić information content (AvgIpc) is 2.10. The molecule has 0 aliphatic carbocycles. The van der Waals surface area contributed by atoms with Gasteiger partial charge in [0.1, 0.15) is 5.75 Å². The largest absolute Gasteiger partial charge is 0.506 e. The number of hydrogen-bond acceptors (Lipinski definition) is 2. The minimum Gasteiger partial charge on any atom is -0.506 e. The van der Waals surface area contributed by atoms with Gasteiger partial charge in [0.15, 0.2) is 0 Å². The molecular weight excluding hydrogens is 193 g/mol. The zero-order valence-electron chi connectivity index (χ0n) is 7.00. The summed E-state index contributed by atoms with van der Waals surface area (Å²) in [6.07, 6.45) is 0.188. The summed E-state index contributed by atoms with van der Waals surface area (Å²) in [5.41, 5.74) is 6.11. The van der Waals surface area contributed by atoms with Crippen LogP contribution in [0.1, 0.15) is 18.0 Å². The Bertz CT molecular complexity index is 293. The molecule has 0 saturated heterocycles. The van der Waals surface area contributed by atoms with E-state index in [9.17, 15) is 9.50 Å². The van der Waals surface area contributed by atoms with Gasteiger partial charge in [-0.15, -0.1) is 0 Å². The molecule has 2 nitrogen and oxygen atoms in total. The second kappa shape index (κ2) is 4.44. The lowest BCUT2D eigenvalue weighted by Crippen LogP contribution is -2.11. The molecule has 0 fully saturated rings. The molecule has 3 N–H and O–H groups in total. The summed E-state index contributed by atoms with van der Waals surface area (Å²) in [5.74, 6) is -0.0508. The van der Waals surface area contributed by atoms with E-state index in [1.165, 1.54) is 0 Å². The number of para-hydroxylation sites is 1. The smallest absolute Gasteiger partial charge is 0.138 e. The second-order valence-electron chi connectivity index (χ2n) is 2.76. The van der Waals surface area contributed by atoms with Crippen LogP contribution in [-0.2, 0) is 0 Å². The van der Waals surface area contributed by atoms with E-state index in [1.54, 1.807) is 18.2 Å². The van der Waals surface area contributed by atoms with Gasteiger partial charge in [-0.1, -0.05) is 23.7 Å². The second-order valence-corrected chi connectivity index (χ2v) is 3.17. The van der Waals surface area contributed by atoms with Crippen molar-refractivity contribution in [3.05, 3.63) is 28.8 Å². The van der Waals surface area contributed by atoms with Crippen LogP contribution in [0.15, 0.2) is 18.2 Å². The van der Waals surface area contributed by atoms with E-state index < -0.39 is 12.7 Å². The highest BCUT2D eigenvalue weighted by Crippen LogP contribution is 2.31. The number of nitrogens with two attached hydrogens (primary N) is 1. The normalized spacial score (nSPS) is 12.8. The van der Waals surface area contributed by atoms with Crippen molar-refractivity contribution in [2.24, 2.45) is 5.73 Å². The predicted molar refractivity (Wildman–Crippen MR) is 50.6 cm³/mol. The molecule has 0 unspecified atom stereocenters. The Morgan fingerprint density at radius 1 is 1.54 bits per heavy atom. The van der Waals surface area contributed by atoms with E-state index in [-0.39, 0.29) is 17.2 Å². The number of hydrogen-bond donors (Lipinski definition) is 2. The summed E-state index contributed by atoms with van der Waals surface area (Å²) in [6.45, 7) is -0.507. The van der Waals surface area contributed by atoms with Gasteiger partial charge in [-0.25, -0.2) is 0 Å². The maximum absolute atomic E-state index is 12.0. The van der Waals surface area contributed by atoms with Crippen LogP contribution in [0.3, 0.4) is 0 Å². The van der Waals surface area contributed by atoms with Crippen LogP contribution in [-0.4, -0.2) is 11.8 Å². The highest BCUT2D eigenvalue weighted by molar-refractivity contribution is 6.32. The molecule has 4 heteroatoms. The van der Waals surface area contributed by atoms with Gasteiger partial charge in [-0.05, 0) is 12.5 Å².